The van der Waals surface area contributed by atoms with E-state index in [0.717, 1.165) is 18.0 Å². The van der Waals surface area contributed by atoms with Crippen LogP contribution < -0.4 is 5.32 Å². The number of hydrogen-bond donors (Lipinski definition) is 2. The van der Waals surface area contributed by atoms with E-state index >= 15 is 0 Å². The number of nitrogens with one attached hydrogen (secondary N) is 1. The van der Waals surface area contributed by atoms with Gasteiger partial charge in [0.05, 0.1) is 6.61 Å². The second-order valence-electron chi connectivity index (χ2n) is 3.38. The molecular weight excluding hydrogens is 186 g/mol. The van der Waals surface area contributed by atoms with Crippen LogP contribution in [0, 0.1) is 0 Å². The van der Waals surface area contributed by atoms with Crippen molar-refractivity contribution in [3.05, 3.63) is 34.3 Å². The highest BCUT2D eigenvalue weighted by Crippen LogP contribution is 2.20. The predicted octanol–water partition coefficient (Wildman–Crippen LogP) is 1.35. The lowest BCUT2D eigenvalue weighted by atomic mass is 9.96. The zero-order valence-electron chi connectivity index (χ0n) is 7.26. The summed E-state index contributed by atoms with van der Waals surface area (Å²) in [5.74, 6) is 0. The van der Waals surface area contributed by atoms with Gasteiger partial charge in [-0.05, 0) is 29.7 Å². The van der Waals surface area contributed by atoms with E-state index in [1.54, 1.807) is 0 Å². The fraction of sp³-hybridized carbons (Fsp3) is 0.400. The second-order valence-corrected chi connectivity index (χ2v) is 3.81. The van der Waals surface area contributed by atoms with Crippen LogP contribution in [-0.2, 0) is 13.0 Å². The molecule has 0 amide bonds. The Morgan fingerprint density at radius 1 is 1.46 bits per heavy atom. The Hall–Kier alpha value is -0.570. The van der Waals surface area contributed by atoms with E-state index in [4.69, 9.17) is 16.7 Å². The normalized spacial score (nSPS) is 21.2. The fourth-order valence-electron chi connectivity index (χ4n) is 1.68. The summed E-state index contributed by atoms with van der Waals surface area (Å²) in [5.41, 5.74) is 2.54. The molecule has 0 aromatic heterocycles. The van der Waals surface area contributed by atoms with Crippen molar-refractivity contribution in [2.75, 3.05) is 6.61 Å². The van der Waals surface area contributed by atoms with Crippen LogP contribution in [-0.4, -0.2) is 17.8 Å². The minimum atomic E-state index is 0.186. The van der Waals surface area contributed by atoms with Gasteiger partial charge in [-0.1, -0.05) is 17.7 Å². The highest BCUT2D eigenvalue weighted by Gasteiger charge is 2.16. The molecule has 1 aliphatic rings. The number of benzene rings is 1. The molecule has 3 heteroatoms. The Labute approximate surface area is 82.5 Å². The molecule has 13 heavy (non-hydrogen) atoms. The molecule has 0 aliphatic carbocycles. The molecule has 2 N–H and O–H groups in total. The summed E-state index contributed by atoms with van der Waals surface area (Å²) in [6.07, 6.45) is 0.867. The first-order chi connectivity index (χ1) is 6.29. The van der Waals surface area contributed by atoms with E-state index in [1.165, 1.54) is 11.1 Å². The predicted molar refractivity (Wildman–Crippen MR) is 52.9 cm³/mol. The lowest BCUT2D eigenvalue weighted by Crippen LogP contribution is -2.38. The number of halogens is 1. The van der Waals surface area contributed by atoms with Gasteiger partial charge in [0.25, 0.3) is 0 Å². The Morgan fingerprint density at radius 2 is 2.31 bits per heavy atom. The minimum absolute atomic E-state index is 0.186. The molecule has 1 aromatic carbocycles. The summed E-state index contributed by atoms with van der Waals surface area (Å²) in [5, 5.41) is 13.0. The summed E-state index contributed by atoms with van der Waals surface area (Å²) in [6.45, 7) is 1.02. The van der Waals surface area contributed by atoms with Crippen molar-refractivity contribution >= 4 is 11.6 Å². The molecule has 1 atom stereocenters. The van der Waals surface area contributed by atoms with Gasteiger partial charge < -0.3 is 10.4 Å². The maximum Gasteiger partial charge on any atom is 0.0587 e. The van der Waals surface area contributed by atoms with Gasteiger partial charge in [0.15, 0.2) is 0 Å². The van der Waals surface area contributed by atoms with Gasteiger partial charge in [0, 0.05) is 17.6 Å². The number of hydrogen-bond acceptors (Lipinski definition) is 2. The molecule has 0 radical (unpaired) electrons. The topological polar surface area (TPSA) is 32.3 Å². The Bertz CT molecular complexity index is 314. The van der Waals surface area contributed by atoms with Gasteiger partial charge in [-0.2, -0.15) is 0 Å². The van der Waals surface area contributed by atoms with Crippen molar-refractivity contribution in [3.63, 3.8) is 0 Å². The van der Waals surface area contributed by atoms with Crippen molar-refractivity contribution in [2.24, 2.45) is 0 Å². The van der Waals surface area contributed by atoms with Crippen LogP contribution in [0.4, 0.5) is 0 Å². The van der Waals surface area contributed by atoms with Crippen LogP contribution in [0.15, 0.2) is 18.2 Å². The van der Waals surface area contributed by atoms with Gasteiger partial charge in [-0.15, -0.1) is 0 Å². The third-order valence-corrected chi connectivity index (χ3v) is 2.67. The standard InChI is InChI=1S/C10H12ClNO/c11-9-2-1-7-5-12-10(6-13)4-8(7)3-9/h1-3,10,12-13H,4-6H2. The van der Waals surface area contributed by atoms with Crippen LogP contribution in [0.1, 0.15) is 11.1 Å². The maximum absolute atomic E-state index is 8.99. The van der Waals surface area contributed by atoms with Crippen molar-refractivity contribution in [3.8, 4) is 0 Å². The summed E-state index contributed by atoms with van der Waals surface area (Å²) in [7, 11) is 0. The van der Waals surface area contributed by atoms with Crippen molar-refractivity contribution < 1.29 is 5.11 Å². The first-order valence-corrected chi connectivity index (χ1v) is 4.79. The number of rotatable bonds is 1. The summed E-state index contributed by atoms with van der Waals surface area (Å²) in [6, 6.07) is 6.12. The van der Waals surface area contributed by atoms with E-state index in [-0.39, 0.29) is 12.6 Å². The van der Waals surface area contributed by atoms with E-state index in [9.17, 15) is 0 Å². The molecule has 2 nitrogen and oxygen atoms in total. The summed E-state index contributed by atoms with van der Waals surface area (Å²) in [4.78, 5) is 0. The number of fused-ring (bicyclic) bond motifs is 1. The molecule has 70 valence electrons. The summed E-state index contributed by atoms with van der Waals surface area (Å²) >= 11 is 5.88. The molecule has 0 bridgehead atoms. The van der Waals surface area contributed by atoms with Gasteiger partial charge in [0.2, 0.25) is 0 Å². The Morgan fingerprint density at radius 3 is 3.08 bits per heavy atom. The second kappa shape index (κ2) is 3.66. The minimum Gasteiger partial charge on any atom is -0.395 e. The Kier molecular flexibility index (Phi) is 2.54. The Balaban J connectivity index is 2.27. The molecule has 0 fully saturated rings. The molecule has 1 aliphatic heterocycles. The lowest BCUT2D eigenvalue weighted by Gasteiger charge is -2.24. The van der Waals surface area contributed by atoms with Crippen LogP contribution in [0.3, 0.4) is 0 Å². The lowest BCUT2D eigenvalue weighted by molar-refractivity contribution is 0.236. The van der Waals surface area contributed by atoms with E-state index in [1.807, 2.05) is 18.2 Å². The first-order valence-electron chi connectivity index (χ1n) is 4.41. The third kappa shape index (κ3) is 1.85. The van der Waals surface area contributed by atoms with E-state index in [2.05, 4.69) is 5.32 Å². The van der Waals surface area contributed by atoms with Crippen LogP contribution in [0.25, 0.3) is 0 Å². The van der Waals surface area contributed by atoms with Gasteiger partial charge >= 0.3 is 0 Å². The van der Waals surface area contributed by atoms with Gasteiger partial charge in [-0.25, -0.2) is 0 Å². The van der Waals surface area contributed by atoms with Crippen molar-refractivity contribution in [2.45, 2.75) is 19.0 Å². The molecule has 2 rings (SSSR count). The van der Waals surface area contributed by atoms with Crippen LogP contribution in [0.5, 0.6) is 0 Å². The first kappa shape index (κ1) is 9.00. The van der Waals surface area contributed by atoms with E-state index in [0.29, 0.717) is 0 Å². The van der Waals surface area contributed by atoms with Crippen LogP contribution >= 0.6 is 11.6 Å². The molecule has 1 heterocycles. The fourth-order valence-corrected chi connectivity index (χ4v) is 1.87. The highest BCUT2D eigenvalue weighted by molar-refractivity contribution is 6.30. The number of aliphatic hydroxyl groups is 1. The zero-order valence-corrected chi connectivity index (χ0v) is 8.01. The largest absolute Gasteiger partial charge is 0.395 e. The zero-order chi connectivity index (χ0) is 9.26. The molecule has 1 aromatic rings. The van der Waals surface area contributed by atoms with Crippen molar-refractivity contribution in [1.82, 2.24) is 5.32 Å². The maximum atomic E-state index is 8.99. The average molecular weight is 198 g/mol. The SMILES string of the molecule is OCC1Cc2cc(Cl)ccc2CN1. The quantitative estimate of drug-likeness (QED) is 0.713. The smallest absolute Gasteiger partial charge is 0.0587 e. The van der Waals surface area contributed by atoms with Gasteiger partial charge in [0.1, 0.15) is 0 Å². The van der Waals surface area contributed by atoms with Gasteiger partial charge in [-0.3, -0.25) is 0 Å². The van der Waals surface area contributed by atoms with Crippen LogP contribution in [0.2, 0.25) is 5.02 Å². The molecule has 0 saturated heterocycles. The summed E-state index contributed by atoms with van der Waals surface area (Å²) < 4.78 is 0. The third-order valence-electron chi connectivity index (χ3n) is 2.44. The molecule has 0 saturated carbocycles. The monoisotopic (exact) mass is 197 g/mol. The number of aliphatic hydroxyl groups excluding tert-OH is 1. The average Bonchev–Trinajstić information content (AvgIpc) is 2.16. The van der Waals surface area contributed by atoms with Crippen molar-refractivity contribution in [1.29, 1.82) is 0 Å². The van der Waals surface area contributed by atoms with E-state index < -0.39 is 0 Å². The highest BCUT2D eigenvalue weighted by atomic mass is 35.5. The molecule has 0 spiro atoms. The molecule has 1 unspecified atom stereocenters. The molecular formula is C10H12ClNO.